The minimum Gasteiger partial charge on any atom is -0.490 e. The molecule has 4 rings (SSSR count). The molecule has 0 aromatic heterocycles. The zero-order chi connectivity index (χ0) is 18.5. The van der Waals surface area contributed by atoms with Gasteiger partial charge in [-0.25, -0.2) is 0 Å². The van der Waals surface area contributed by atoms with Gasteiger partial charge in [-0.15, -0.1) is 0 Å². The Morgan fingerprint density at radius 2 is 1.67 bits per heavy atom. The van der Waals surface area contributed by atoms with E-state index in [1.165, 1.54) is 5.56 Å². The van der Waals surface area contributed by atoms with Crippen molar-refractivity contribution in [1.82, 2.24) is 9.80 Å². The van der Waals surface area contributed by atoms with Crippen LogP contribution in [-0.4, -0.2) is 55.1 Å². The molecule has 0 spiro atoms. The smallest absolute Gasteiger partial charge is 0.254 e. The van der Waals surface area contributed by atoms with Crippen LogP contribution < -0.4 is 9.47 Å². The van der Waals surface area contributed by atoms with E-state index in [0.29, 0.717) is 24.5 Å². The second kappa shape index (κ2) is 8.44. The lowest BCUT2D eigenvalue weighted by atomic mass is 10.1. The third-order valence-corrected chi connectivity index (χ3v) is 5.12. The molecule has 27 heavy (non-hydrogen) atoms. The molecule has 0 saturated carbocycles. The summed E-state index contributed by atoms with van der Waals surface area (Å²) >= 11 is 0. The molecule has 1 fully saturated rings. The summed E-state index contributed by atoms with van der Waals surface area (Å²) in [5, 5.41) is 0. The molecule has 0 bridgehead atoms. The molecule has 0 aliphatic carbocycles. The Hall–Kier alpha value is -2.53. The van der Waals surface area contributed by atoms with Crippen LogP contribution in [0.15, 0.2) is 48.5 Å². The van der Waals surface area contributed by atoms with Gasteiger partial charge < -0.3 is 14.4 Å². The summed E-state index contributed by atoms with van der Waals surface area (Å²) in [6.45, 7) is 5.67. The van der Waals surface area contributed by atoms with E-state index >= 15 is 0 Å². The van der Waals surface area contributed by atoms with Gasteiger partial charge in [-0.1, -0.05) is 30.3 Å². The van der Waals surface area contributed by atoms with E-state index in [1.807, 2.05) is 29.2 Å². The fourth-order valence-corrected chi connectivity index (χ4v) is 3.65. The fraction of sp³-hybridized carbons (Fsp3) is 0.409. The molecule has 2 aromatic rings. The highest BCUT2D eigenvalue weighted by molar-refractivity contribution is 5.95. The first kappa shape index (κ1) is 17.9. The lowest BCUT2D eigenvalue weighted by Gasteiger charge is -2.22. The van der Waals surface area contributed by atoms with Crippen LogP contribution in [0.25, 0.3) is 0 Å². The van der Waals surface area contributed by atoms with Gasteiger partial charge >= 0.3 is 0 Å². The number of ether oxygens (including phenoxy) is 2. The third-order valence-electron chi connectivity index (χ3n) is 5.12. The lowest BCUT2D eigenvalue weighted by Crippen LogP contribution is -2.35. The monoisotopic (exact) mass is 366 g/mol. The first-order valence-electron chi connectivity index (χ1n) is 9.75. The summed E-state index contributed by atoms with van der Waals surface area (Å²) in [5.41, 5.74) is 2.00. The van der Waals surface area contributed by atoms with Gasteiger partial charge in [0.2, 0.25) is 0 Å². The van der Waals surface area contributed by atoms with E-state index in [9.17, 15) is 4.79 Å². The number of carbonyl (C=O) groups is 1. The van der Waals surface area contributed by atoms with Gasteiger partial charge in [-0.05, 0) is 30.2 Å². The predicted molar refractivity (Wildman–Crippen MR) is 104 cm³/mol. The van der Waals surface area contributed by atoms with Crippen molar-refractivity contribution in [3.63, 3.8) is 0 Å². The van der Waals surface area contributed by atoms with Crippen LogP contribution in [0.4, 0.5) is 0 Å². The van der Waals surface area contributed by atoms with E-state index in [-0.39, 0.29) is 5.91 Å². The van der Waals surface area contributed by atoms with Crippen molar-refractivity contribution in [1.29, 1.82) is 0 Å². The maximum atomic E-state index is 13.0. The molecule has 0 atom stereocenters. The SMILES string of the molecule is O=C(c1ccc2c(c1)OCCCO2)N1CCCN(Cc2ccccc2)CC1. The summed E-state index contributed by atoms with van der Waals surface area (Å²) < 4.78 is 11.4. The molecular weight excluding hydrogens is 340 g/mol. The van der Waals surface area contributed by atoms with E-state index in [1.54, 1.807) is 0 Å². The van der Waals surface area contributed by atoms with Gasteiger partial charge in [0.15, 0.2) is 11.5 Å². The Morgan fingerprint density at radius 1 is 0.852 bits per heavy atom. The molecule has 5 heteroatoms. The van der Waals surface area contributed by atoms with Crippen molar-refractivity contribution < 1.29 is 14.3 Å². The molecule has 2 aliphatic rings. The number of rotatable bonds is 3. The summed E-state index contributed by atoms with van der Waals surface area (Å²) in [7, 11) is 0. The van der Waals surface area contributed by atoms with Crippen molar-refractivity contribution in [2.75, 3.05) is 39.4 Å². The number of hydrogen-bond donors (Lipinski definition) is 0. The van der Waals surface area contributed by atoms with E-state index in [0.717, 1.165) is 51.3 Å². The summed E-state index contributed by atoms with van der Waals surface area (Å²) in [4.78, 5) is 17.4. The first-order chi connectivity index (χ1) is 13.3. The Kier molecular flexibility index (Phi) is 5.58. The van der Waals surface area contributed by atoms with Crippen molar-refractivity contribution in [2.24, 2.45) is 0 Å². The molecule has 142 valence electrons. The zero-order valence-corrected chi connectivity index (χ0v) is 15.6. The van der Waals surface area contributed by atoms with Gasteiger partial charge in [-0.3, -0.25) is 9.69 Å². The topological polar surface area (TPSA) is 42.0 Å². The van der Waals surface area contributed by atoms with Crippen LogP contribution in [0.3, 0.4) is 0 Å². The second-order valence-electron chi connectivity index (χ2n) is 7.12. The number of nitrogens with zero attached hydrogens (tertiary/aromatic N) is 2. The molecule has 0 unspecified atom stereocenters. The fourth-order valence-electron chi connectivity index (χ4n) is 3.65. The van der Waals surface area contributed by atoms with Gasteiger partial charge in [0, 0.05) is 44.7 Å². The molecule has 2 heterocycles. The number of benzene rings is 2. The normalized spacial score (nSPS) is 17.9. The maximum Gasteiger partial charge on any atom is 0.254 e. The van der Waals surface area contributed by atoms with E-state index in [4.69, 9.17) is 9.47 Å². The number of carbonyl (C=O) groups excluding carboxylic acids is 1. The molecule has 1 saturated heterocycles. The van der Waals surface area contributed by atoms with Crippen LogP contribution in [0.5, 0.6) is 11.5 Å². The van der Waals surface area contributed by atoms with Crippen LogP contribution in [-0.2, 0) is 6.54 Å². The Labute approximate surface area is 160 Å². The molecule has 2 aliphatic heterocycles. The predicted octanol–water partition coefficient (Wildman–Crippen LogP) is 3.20. The van der Waals surface area contributed by atoms with Crippen LogP contribution in [0.1, 0.15) is 28.8 Å². The summed E-state index contributed by atoms with van der Waals surface area (Å²) in [6.07, 6.45) is 1.85. The van der Waals surface area contributed by atoms with Gasteiger partial charge in [0.1, 0.15) is 0 Å². The number of hydrogen-bond acceptors (Lipinski definition) is 4. The number of amides is 1. The average Bonchev–Trinajstić information content (AvgIpc) is 3.08. The van der Waals surface area contributed by atoms with Gasteiger partial charge in [-0.2, -0.15) is 0 Å². The highest BCUT2D eigenvalue weighted by Crippen LogP contribution is 2.31. The van der Waals surface area contributed by atoms with Crippen molar-refractivity contribution in [3.05, 3.63) is 59.7 Å². The quantitative estimate of drug-likeness (QED) is 0.837. The Balaban J connectivity index is 1.40. The summed E-state index contributed by atoms with van der Waals surface area (Å²) in [5.74, 6) is 1.49. The minimum atomic E-state index is 0.0761. The summed E-state index contributed by atoms with van der Waals surface area (Å²) in [6, 6.07) is 16.0. The van der Waals surface area contributed by atoms with E-state index < -0.39 is 0 Å². The largest absolute Gasteiger partial charge is 0.490 e. The highest BCUT2D eigenvalue weighted by atomic mass is 16.5. The molecule has 1 amide bonds. The standard InChI is InChI=1S/C22H26N2O3/c25-22(19-8-9-20-21(16-19)27-15-5-14-26-20)24-11-4-10-23(12-13-24)17-18-6-2-1-3-7-18/h1-3,6-9,16H,4-5,10-15,17H2. The molecule has 2 aromatic carbocycles. The number of fused-ring (bicyclic) bond motifs is 1. The van der Waals surface area contributed by atoms with Crippen LogP contribution in [0.2, 0.25) is 0 Å². The second-order valence-corrected chi connectivity index (χ2v) is 7.12. The van der Waals surface area contributed by atoms with Gasteiger partial charge in [0.05, 0.1) is 13.2 Å². The lowest BCUT2D eigenvalue weighted by molar-refractivity contribution is 0.0760. The molecule has 0 N–H and O–H groups in total. The Morgan fingerprint density at radius 3 is 2.52 bits per heavy atom. The van der Waals surface area contributed by atoms with Crippen molar-refractivity contribution in [3.8, 4) is 11.5 Å². The van der Waals surface area contributed by atoms with Crippen LogP contribution >= 0.6 is 0 Å². The zero-order valence-electron chi connectivity index (χ0n) is 15.6. The third kappa shape index (κ3) is 4.42. The molecule has 5 nitrogen and oxygen atoms in total. The molecule has 0 radical (unpaired) electrons. The molecular formula is C22H26N2O3. The van der Waals surface area contributed by atoms with Crippen molar-refractivity contribution in [2.45, 2.75) is 19.4 Å². The minimum absolute atomic E-state index is 0.0761. The Bertz CT molecular complexity index is 778. The highest BCUT2D eigenvalue weighted by Gasteiger charge is 2.22. The average molecular weight is 366 g/mol. The van der Waals surface area contributed by atoms with E-state index in [2.05, 4.69) is 29.2 Å². The maximum absolute atomic E-state index is 13.0. The first-order valence-corrected chi connectivity index (χ1v) is 9.75. The van der Waals surface area contributed by atoms with Gasteiger partial charge in [0.25, 0.3) is 5.91 Å². The van der Waals surface area contributed by atoms with Crippen molar-refractivity contribution >= 4 is 5.91 Å². The van der Waals surface area contributed by atoms with Crippen LogP contribution in [0, 0.1) is 0 Å².